The number of anilines is 1. The fourth-order valence-corrected chi connectivity index (χ4v) is 3.11. The Morgan fingerprint density at radius 3 is 2.60 bits per heavy atom. The molecule has 0 aliphatic heterocycles. The summed E-state index contributed by atoms with van der Waals surface area (Å²) in [6.07, 6.45) is 2.52. The molecule has 1 fully saturated rings. The molecule has 25 heavy (non-hydrogen) atoms. The predicted octanol–water partition coefficient (Wildman–Crippen LogP) is 2.25. The van der Waals surface area contributed by atoms with Gasteiger partial charge in [-0.05, 0) is 37.1 Å². The van der Waals surface area contributed by atoms with E-state index < -0.39 is 17.3 Å². The van der Waals surface area contributed by atoms with E-state index in [0.29, 0.717) is 24.2 Å². The molecule has 1 saturated carbocycles. The van der Waals surface area contributed by atoms with E-state index in [2.05, 4.69) is 15.2 Å². The minimum absolute atomic E-state index is 0.0529. The van der Waals surface area contributed by atoms with Gasteiger partial charge in [-0.15, -0.1) is 10.2 Å². The van der Waals surface area contributed by atoms with Crippen molar-refractivity contribution in [2.24, 2.45) is 5.73 Å². The zero-order valence-corrected chi connectivity index (χ0v) is 14.0. The second-order valence-corrected chi connectivity index (χ2v) is 6.42. The van der Waals surface area contributed by atoms with Crippen molar-refractivity contribution >= 4 is 29.1 Å². The van der Waals surface area contributed by atoms with Crippen LogP contribution in [0.25, 0.3) is 0 Å². The van der Waals surface area contributed by atoms with Gasteiger partial charge in [0.25, 0.3) is 0 Å². The van der Waals surface area contributed by atoms with Crippen molar-refractivity contribution < 1.29 is 14.3 Å². The van der Waals surface area contributed by atoms with Gasteiger partial charge in [0.2, 0.25) is 0 Å². The highest BCUT2D eigenvalue weighted by atomic mass is 32.1. The number of nitrogens with zero attached hydrogens (tertiary/aromatic N) is 4. The molecule has 0 saturated heterocycles. The first kappa shape index (κ1) is 17.2. The van der Waals surface area contributed by atoms with Crippen LogP contribution in [0, 0.1) is 5.82 Å². The largest absolute Gasteiger partial charge is 0.465 e. The van der Waals surface area contributed by atoms with Crippen LogP contribution in [0.1, 0.15) is 30.7 Å². The molecule has 7 nitrogen and oxygen atoms in total. The van der Waals surface area contributed by atoms with Gasteiger partial charge in [-0.3, -0.25) is 9.88 Å². The fourth-order valence-electron chi connectivity index (χ4n) is 3.00. The molecule has 9 heteroatoms. The lowest BCUT2D eigenvalue weighted by Crippen LogP contribution is -2.49. The average Bonchev–Trinajstić information content (AvgIpc) is 2.55. The molecule has 1 aliphatic rings. The van der Waals surface area contributed by atoms with E-state index >= 15 is 0 Å². The Hall–Kier alpha value is -2.68. The normalized spacial score (nSPS) is 15.2. The molecule has 0 bridgehead atoms. The molecular weight excluding hydrogens is 345 g/mol. The number of hydrogen-bond donors (Lipinski definition) is 2. The standard InChI is InChI=1S/C16H16FN5O2S/c17-10-3-1-8-19-13(10)16(6-2-7-16)9-22(15(23)24)12-5-4-11(14(18)25)20-21-12/h1,3-5,8H,2,6-7,9H2,(H2,18,25)(H,23,24). The van der Waals surface area contributed by atoms with Gasteiger partial charge in [0.1, 0.15) is 16.5 Å². The van der Waals surface area contributed by atoms with E-state index in [1.165, 1.54) is 30.5 Å². The van der Waals surface area contributed by atoms with Crippen LogP contribution in [-0.2, 0) is 5.41 Å². The van der Waals surface area contributed by atoms with Crippen LogP contribution in [0.5, 0.6) is 0 Å². The minimum Gasteiger partial charge on any atom is -0.465 e. The highest BCUT2D eigenvalue weighted by Crippen LogP contribution is 2.44. The third-order valence-electron chi connectivity index (χ3n) is 4.44. The molecule has 0 atom stereocenters. The van der Waals surface area contributed by atoms with Gasteiger partial charge in [0, 0.05) is 18.2 Å². The summed E-state index contributed by atoms with van der Waals surface area (Å²) in [5.41, 5.74) is 5.41. The summed E-state index contributed by atoms with van der Waals surface area (Å²) in [7, 11) is 0. The average molecular weight is 361 g/mol. The Kier molecular flexibility index (Phi) is 4.58. The van der Waals surface area contributed by atoms with Crippen LogP contribution in [0.15, 0.2) is 30.5 Å². The number of aromatic nitrogens is 3. The lowest BCUT2D eigenvalue weighted by molar-refractivity contribution is 0.187. The van der Waals surface area contributed by atoms with Gasteiger partial charge >= 0.3 is 6.09 Å². The van der Waals surface area contributed by atoms with Gasteiger partial charge in [-0.1, -0.05) is 18.6 Å². The van der Waals surface area contributed by atoms with Crippen LogP contribution in [0.2, 0.25) is 0 Å². The number of nitrogens with two attached hydrogens (primary N) is 1. The highest BCUT2D eigenvalue weighted by molar-refractivity contribution is 7.80. The van der Waals surface area contributed by atoms with Gasteiger partial charge in [-0.2, -0.15) is 0 Å². The van der Waals surface area contributed by atoms with E-state index in [-0.39, 0.29) is 17.4 Å². The number of rotatable bonds is 5. The Bertz CT molecular complexity index is 810. The SMILES string of the molecule is NC(=S)c1ccc(N(CC2(c3ncccc3F)CCC2)C(=O)O)nn1. The van der Waals surface area contributed by atoms with E-state index in [4.69, 9.17) is 18.0 Å². The fraction of sp³-hybridized carbons (Fsp3) is 0.312. The topological polar surface area (TPSA) is 105 Å². The summed E-state index contributed by atoms with van der Waals surface area (Å²) in [4.78, 5) is 17.0. The van der Waals surface area contributed by atoms with Gasteiger partial charge in [0.05, 0.1) is 5.69 Å². The molecule has 0 aromatic carbocycles. The molecule has 2 aromatic heterocycles. The third kappa shape index (κ3) is 3.27. The van der Waals surface area contributed by atoms with E-state index in [1.54, 1.807) is 0 Å². The predicted molar refractivity (Wildman–Crippen MR) is 93.0 cm³/mol. The van der Waals surface area contributed by atoms with Crippen molar-refractivity contribution in [3.63, 3.8) is 0 Å². The maximum Gasteiger partial charge on any atom is 0.413 e. The lowest BCUT2D eigenvalue weighted by Gasteiger charge is -2.43. The summed E-state index contributed by atoms with van der Waals surface area (Å²) in [5, 5.41) is 17.3. The number of hydrogen-bond acceptors (Lipinski definition) is 5. The maximum atomic E-state index is 14.2. The molecule has 0 radical (unpaired) electrons. The highest BCUT2D eigenvalue weighted by Gasteiger charge is 2.44. The van der Waals surface area contributed by atoms with Gasteiger partial charge in [0.15, 0.2) is 5.82 Å². The van der Waals surface area contributed by atoms with Crippen LogP contribution in [0.3, 0.4) is 0 Å². The molecule has 2 heterocycles. The van der Waals surface area contributed by atoms with Crippen molar-refractivity contribution in [2.75, 3.05) is 11.4 Å². The Morgan fingerprint density at radius 1 is 1.36 bits per heavy atom. The first-order chi connectivity index (χ1) is 11.9. The molecule has 1 aliphatic carbocycles. The monoisotopic (exact) mass is 361 g/mol. The third-order valence-corrected chi connectivity index (χ3v) is 4.65. The molecule has 130 valence electrons. The molecule has 0 unspecified atom stereocenters. The Balaban J connectivity index is 1.92. The Labute approximate surface area is 148 Å². The smallest absolute Gasteiger partial charge is 0.413 e. The van der Waals surface area contributed by atoms with E-state index in [9.17, 15) is 14.3 Å². The summed E-state index contributed by atoms with van der Waals surface area (Å²) < 4.78 is 14.2. The Morgan fingerprint density at radius 2 is 2.12 bits per heavy atom. The number of carboxylic acid groups (broad SMARTS) is 1. The number of thiocarbonyl (C=S) groups is 1. The van der Waals surface area contributed by atoms with Crippen LogP contribution < -0.4 is 10.6 Å². The minimum atomic E-state index is -1.19. The second kappa shape index (κ2) is 6.67. The van der Waals surface area contributed by atoms with Crippen LogP contribution >= 0.6 is 12.2 Å². The van der Waals surface area contributed by atoms with Crippen molar-refractivity contribution in [1.82, 2.24) is 15.2 Å². The second-order valence-electron chi connectivity index (χ2n) is 5.98. The van der Waals surface area contributed by atoms with E-state index in [1.807, 2.05) is 0 Å². The van der Waals surface area contributed by atoms with Crippen LogP contribution in [0.4, 0.5) is 15.0 Å². The number of carbonyl (C=O) groups is 1. The summed E-state index contributed by atoms with van der Waals surface area (Å²) in [5.74, 6) is -0.294. The van der Waals surface area contributed by atoms with Crippen molar-refractivity contribution in [3.8, 4) is 0 Å². The van der Waals surface area contributed by atoms with Crippen molar-refractivity contribution in [1.29, 1.82) is 0 Å². The molecular formula is C16H16FN5O2S. The van der Waals surface area contributed by atoms with Crippen molar-refractivity contribution in [2.45, 2.75) is 24.7 Å². The number of amides is 1. The quantitative estimate of drug-likeness (QED) is 0.787. The zero-order chi connectivity index (χ0) is 18.0. The molecule has 0 spiro atoms. The van der Waals surface area contributed by atoms with Crippen molar-refractivity contribution in [3.05, 3.63) is 47.7 Å². The molecule has 3 N–H and O–H groups in total. The van der Waals surface area contributed by atoms with E-state index in [0.717, 1.165) is 11.3 Å². The summed E-state index contributed by atoms with van der Waals surface area (Å²) in [6, 6.07) is 5.84. The zero-order valence-electron chi connectivity index (χ0n) is 13.2. The summed E-state index contributed by atoms with van der Waals surface area (Å²) >= 11 is 4.81. The lowest BCUT2D eigenvalue weighted by atomic mass is 9.66. The first-order valence-corrected chi connectivity index (χ1v) is 8.09. The number of halogens is 1. The number of pyridine rings is 1. The van der Waals surface area contributed by atoms with Crippen LogP contribution in [-0.4, -0.2) is 37.9 Å². The molecule has 2 aromatic rings. The molecule has 1 amide bonds. The maximum absolute atomic E-state index is 14.2. The van der Waals surface area contributed by atoms with Gasteiger partial charge < -0.3 is 10.8 Å². The first-order valence-electron chi connectivity index (χ1n) is 7.68. The summed E-state index contributed by atoms with van der Waals surface area (Å²) in [6.45, 7) is 0.0529. The molecule has 3 rings (SSSR count). The van der Waals surface area contributed by atoms with Gasteiger partial charge in [-0.25, -0.2) is 9.18 Å².